The highest BCUT2D eigenvalue weighted by Gasteiger charge is 2.24. The van der Waals surface area contributed by atoms with Crippen LogP contribution in [0.25, 0.3) is 0 Å². The number of hydrogen-bond acceptors (Lipinski definition) is 2. The molecule has 2 nitrogen and oxygen atoms in total. The molecule has 0 aromatic carbocycles. The first-order valence-electron chi connectivity index (χ1n) is 9.98. The van der Waals surface area contributed by atoms with Gasteiger partial charge in [-0.05, 0) is 51.2 Å². The molecule has 0 amide bonds. The van der Waals surface area contributed by atoms with Gasteiger partial charge in [-0.15, -0.1) is 0 Å². The summed E-state index contributed by atoms with van der Waals surface area (Å²) in [6.07, 6.45) is 10.1. The van der Waals surface area contributed by atoms with Crippen molar-refractivity contribution in [3.63, 3.8) is 0 Å². The summed E-state index contributed by atoms with van der Waals surface area (Å²) in [6, 6.07) is 0. The van der Waals surface area contributed by atoms with Gasteiger partial charge in [0.2, 0.25) is 0 Å². The van der Waals surface area contributed by atoms with Gasteiger partial charge in [0.15, 0.2) is 6.17 Å². The van der Waals surface area contributed by atoms with Crippen molar-refractivity contribution in [1.82, 2.24) is 4.90 Å². The van der Waals surface area contributed by atoms with Crippen molar-refractivity contribution in [3.8, 4) is 0 Å². The molecule has 0 N–H and O–H groups in total. The third kappa shape index (κ3) is 9.21. The van der Waals surface area contributed by atoms with Crippen LogP contribution in [0.3, 0.4) is 0 Å². The van der Waals surface area contributed by atoms with E-state index in [9.17, 15) is 13.2 Å². The number of allylic oxidation sites excluding steroid dienone is 7. The Balaban J connectivity index is 2.86. The average molecular weight is 386 g/mol. The summed E-state index contributed by atoms with van der Waals surface area (Å²) in [5.41, 5.74) is 1.01. The van der Waals surface area contributed by atoms with Gasteiger partial charge in [-0.1, -0.05) is 25.2 Å². The Hall–Kier alpha value is -1.65. The Morgan fingerprint density at radius 2 is 2.11 bits per heavy atom. The van der Waals surface area contributed by atoms with Crippen LogP contribution in [-0.4, -0.2) is 37.4 Å². The van der Waals surface area contributed by atoms with Gasteiger partial charge >= 0.3 is 0 Å². The van der Waals surface area contributed by atoms with Gasteiger partial charge in [0.1, 0.15) is 11.9 Å². The lowest BCUT2D eigenvalue weighted by Crippen LogP contribution is -2.25. The maximum Gasteiger partial charge on any atom is 0.158 e. The lowest BCUT2D eigenvalue weighted by molar-refractivity contribution is 0.0490. The van der Waals surface area contributed by atoms with E-state index >= 15 is 0 Å². The molecule has 0 aliphatic heterocycles. The molecule has 0 radical (unpaired) electrons. The fourth-order valence-electron chi connectivity index (χ4n) is 2.92. The van der Waals surface area contributed by atoms with Crippen molar-refractivity contribution >= 4 is 0 Å². The molecule has 1 aliphatic carbocycles. The summed E-state index contributed by atoms with van der Waals surface area (Å²) < 4.78 is 46.8. The van der Waals surface area contributed by atoms with Gasteiger partial charge in [-0.2, -0.15) is 0 Å². The highest BCUT2D eigenvalue weighted by molar-refractivity contribution is 5.12. The van der Waals surface area contributed by atoms with E-state index in [4.69, 9.17) is 4.74 Å². The summed E-state index contributed by atoms with van der Waals surface area (Å²) in [7, 11) is 1.96. The highest BCUT2D eigenvalue weighted by atomic mass is 19.1. The van der Waals surface area contributed by atoms with Crippen LogP contribution in [0.5, 0.6) is 0 Å². The van der Waals surface area contributed by atoms with Gasteiger partial charge in [0.25, 0.3) is 0 Å². The van der Waals surface area contributed by atoms with Gasteiger partial charge in [-0.25, -0.2) is 8.78 Å². The van der Waals surface area contributed by atoms with E-state index in [1.54, 1.807) is 6.08 Å². The molecule has 0 aromatic rings. The minimum absolute atomic E-state index is 0.115. The lowest BCUT2D eigenvalue weighted by atomic mass is 10.1. The van der Waals surface area contributed by atoms with E-state index in [1.807, 2.05) is 39.1 Å². The Morgan fingerprint density at radius 1 is 1.33 bits per heavy atom. The van der Waals surface area contributed by atoms with E-state index in [0.29, 0.717) is 32.1 Å². The molecule has 154 valence electrons. The zero-order chi connectivity index (χ0) is 20.1. The zero-order valence-corrected chi connectivity index (χ0v) is 16.9. The standard InChI is InChI=1S/C22H34F3NO/c1-4-10-20(11-8-6-7-9-16-23)27-22-15-14-19(26(3)5-2)13-12-18(24)17-21(22)25/h6-7,11,13,17,21-22H,4-5,8-10,12,14-16H2,1-3H3/b7-6-,18-17?,19-13?,20-11+/t21-,22+/m1/s1. The topological polar surface area (TPSA) is 12.5 Å². The summed E-state index contributed by atoms with van der Waals surface area (Å²) >= 11 is 0. The fraction of sp³-hybridized carbons (Fsp3) is 0.636. The normalized spacial score (nSPS) is 21.9. The van der Waals surface area contributed by atoms with Crippen LogP contribution in [0.1, 0.15) is 58.8 Å². The fourth-order valence-corrected chi connectivity index (χ4v) is 2.92. The molecule has 1 rings (SSSR count). The third-order valence-electron chi connectivity index (χ3n) is 4.60. The van der Waals surface area contributed by atoms with Crippen molar-refractivity contribution in [2.45, 2.75) is 71.1 Å². The van der Waals surface area contributed by atoms with Gasteiger partial charge in [0.05, 0.1) is 12.4 Å². The second kappa shape index (κ2) is 13.5. The molecule has 0 aromatic heterocycles. The Morgan fingerprint density at radius 3 is 2.78 bits per heavy atom. The summed E-state index contributed by atoms with van der Waals surface area (Å²) in [4.78, 5) is 2.06. The van der Waals surface area contributed by atoms with E-state index in [2.05, 4.69) is 4.90 Å². The molecule has 0 fully saturated rings. The second-order valence-electron chi connectivity index (χ2n) is 6.77. The summed E-state index contributed by atoms with van der Waals surface area (Å²) in [6.45, 7) is 4.51. The first-order chi connectivity index (χ1) is 13.0. The van der Waals surface area contributed by atoms with Crippen LogP contribution in [0.15, 0.2) is 47.7 Å². The number of halogens is 3. The van der Waals surface area contributed by atoms with Crippen LogP contribution >= 0.6 is 0 Å². The van der Waals surface area contributed by atoms with Crippen LogP contribution in [0.4, 0.5) is 13.2 Å². The molecule has 0 spiro atoms. The first-order valence-corrected chi connectivity index (χ1v) is 9.98. The monoisotopic (exact) mass is 385 g/mol. The van der Waals surface area contributed by atoms with Gasteiger partial charge in [-0.3, -0.25) is 4.39 Å². The summed E-state index contributed by atoms with van der Waals surface area (Å²) in [5.74, 6) is 0.257. The molecule has 2 atom stereocenters. The molecule has 5 heteroatoms. The predicted octanol–water partition coefficient (Wildman–Crippen LogP) is 6.57. The maximum atomic E-state index is 14.7. The minimum atomic E-state index is -1.48. The number of ether oxygens (including phenoxy) is 1. The van der Waals surface area contributed by atoms with Crippen LogP contribution in [-0.2, 0) is 4.74 Å². The Kier molecular flexibility index (Phi) is 11.7. The Bertz CT molecular complexity index is 540. The smallest absolute Gasteiger partial charge is 0.158 e. The molecular formula is C22H34F3NO. The number of hydrogen-bond donors (Lipinski definition) is 0. The first kappa shape index (κ1) is 23.4. The highest BCUT2D eigenvalue weighted by Crippen LogP contribution is 2.26. The Labute approximate surface area is 162 Å². The SMILES string of the molecule is CCC/C(=C\C/C=C\CCF)O[C@H]1CCC(N(C)CC)=CCC(F)=C[C@H]1F. The zero-order valence-electron chi connectivity index (χ0n) is 16.9. The average Bonchev–Trinajstić information content (AvgIpc) is 2.71. The van der Waals surface area contributed by atoms with E-state index in [0.717, 1.165) is 30.5 Å². The van der Waals surface area contributed by atoms with E-state index < -0.39 is 18.1 Å². The minimum Gasteiger partial charge on any atom is -0.492 e. The molecule has 27 heavy (non-hydrogen) atoms. The molecule has 0 saturated heterocycles. The van der Waals surface area contributed by atoms with Crippen molar-refractivity contribution in [3.05, 3.63) is 47.7 Å². The van der Waals surface area contributed by atoms with E-state index in [-0.39, 0.29) is 13.1 Å². The van der Waals surface area contributed by atoms with Crippen LogP contribution in [0, 0.1) is 0 Å². The second-order valence-corrected chi connectivity index (χ2v) is 6.77. The van der Waals surface area contributed by atoms with E-state index in [1.165, 1.54) is 0 Å². The van der Waals surface area contributed by atoms with Gasteiger partial charge in [0, 0.05) is 32.1 Å². The third-order valence-corrected chi connectivity index (χ3v) is 4.60. The predicted molar refractivity (Wildman–Crippen MR) is 107 cm³/mol. The van der Waals surface area contributed by atoms with Crippen molar-refractivity contribution in [2.24, 2.45) is 0 Å². The van der Waals surface area contributed by atoms with Crippen LogP contribution < -0.4 is 0 Å². The number of alkyl halides is 2. The van der Waals surface area contributed by atoms with Crippen molar-refractivity contribution < 1.29 is 17.9 Å². The molecule has 0 saturated carbocycles. The number of nitrogens with zero attached hydrogens (tertiary/aromatic N) is 1. The van der Waals surface area contributed by atoms with Crippen LogP contribution in [0.2, 0.25) is 0 Å². The quantitative estimate of drug-likeness (QED) is 0.311. The maximum absolute atomic E-state index is 14.7. The summed E-state index contributed by atoms with van der Waals surface area (Å²) in [5, 5.41) is 0. The molecule has 0 unspecified atom stereocenters. The number of rotatable bonds is 10. The van der Waals surface area contributed by atoms with Crippen molar-refractivity contribution in [1.29, 1.82) is 0 Å². The largest absolute Gasteiger partial charge is 0.492 e. The molecule has 0 bridgehead atoms. The molecule has 1 aliphatic rings. The molecular weight excluding hydrogens is 351 g/mol. The van der Waals surface area contributed by atoms with Crippen molar-refractivity contribution in [2.75, 3.05) is 20.3 Å². The molecule has 0 heterocycles. The van der Waals surface area contributed by atoms with Gasteiger partial charge < -0.3 is 9.64 Å². The lowest BCUT2D eigenvalue weighted by Gasteiger charge is -2.25.